The Kier molecular flexibility index (Phi) is 6.84. The molecule has 0 unspecified atom stereocenters. The third-order valence-corrected chi connectivity index (χ3v) is 6.65. The summed E-state index contributed by atoms with van der Waals surface area (Å²) < 4.78 is 0. The Balaban J connectivity index is 1.72. The van der Waals surface area contributed by atoms with E-state index in [1.54, 1.807) is 0 Å². The highest BCUT2D eigenvalue weighted by Crippen LogP contribution is 2.31. The van der Waals surface area contributed by atoms with E-state index in [4.69, 9.17) is 0 Å². The van der Waals surface area contributed by atoms with Crippen LogP contribution in [0, 0.1) is 25.2 Å². The van der Waals surface area contributed by atoms with Gasteiger partial charge < -0.3 is 10.2 Å². The summed E-state index contributed by atoms with van der Waals surface area (Å²) in [7, 11) is 2.15. The highest BCUT2D eigenvalue weighted by Gasteiger charge is 2.25. The topological polar surface area (TPSA) is 59.4 Å². The van der Waals surface area contributed by atoms with Crippen molar-refractivity contribution in [3.63, 3.8) is 0 Å². The van der Waals surface area contributed by atoms with Gasteiger partial charge >= 0.3 is 0 Å². The summed E-state index contributed by atoms with van der Waals surface area (Å²) in [4.78, 5) is 18.5. The van der Waals surface area contributed by atoms with Crippen molar-refractivity contribution in [3.8, 4) is 6.07 Å². The molecule has 1 aliphatic rings. The smallest absolute Gasteiger partial charge is 0.239 e. The van der Waals surface area contributed by atoms with Crippen LogP contribution in [0.4, 0.5) is 5.00 Å². The van der Waals surface area contributed by atoms with E-state index in [9.17, 15) is 10.1 Å². The SMILES string of the molecule is Cc1sc(NC(=O)CN(Cc2ccccc2)C2CCN(C)CC2)c(C#N)c1C. The van der Waals surface area contributed by atoms with Gasteiger partial charge in [0.15, 0.2) is 0 Å². The number of piperidine rings is 1. The van der Waals surface area contributed by atoms with Gasteiger partial charge in [0.1, 0.15) is 11.1 Å². The van der Waals surface area contributed by atoms with Crippen LogP contribution in [0.5, 0.6) is 0 Å². The monoisotopic (exact) mass is 396 g/mol. The summed E-state index contributed by atoms with van der Waals surface area (Å²) in [6.45, 7) is 7.12. The molecule has 0 saturated carbocycles. The Labute approximate surface area is 171 Å². The second kappa shape index (κ2) is 9.33. The van der Waals surface area contributed by atoms with Gasteiger partial charge in [-0.3, -0.25) is 9.69 Å². The first-order valence-electron chi connectivity index (χ1n) is 9.74. The first kappa shape index (κ1) is 20.5. The molecule has 28 heavy (non-hydrogen) atoms. The number of hydrogen-bond acceptors (Lipinski definition) is 5. The molecule has 148 valence electrons. The van der Waals surface area contributed by atoms with E-state index in [-0.39, 0.29) is 5.91 Å². The van der Waals surface area contributed by atoms with Crippen LogP contribution in [-0.4, -0.2) is 48.4 Å². The summed E-state index contributed by atoms with van der Waals surface area (Å²) in [6.07, 6.45) is 2.13. The number of nitrogens with one attached hydrogen (secondary N) is 1. The largest absolute Gasteiger partial charge is 0.315 e. The fraction of sp³-hybridized carbons (Fsp3) is 0.455. The Hall–Kier alpha value is -2.20. The molecule has 1 aliphatic heterocycles. The van der Waals surface area contributed by atoms with Crippen molar-refractivity contribution >= 4 is 22.2 Å². The van der Waals surface area contributed by atoms with Crippen LogP contribution in [0.3, 0.4) is 0 Å². The Morgan fingerprint density at radius 1 is 1.29 bits per heavy atom. The molecule has 6 heteroatoms. The van der Waals surface area contributed by atoms with E-state index in [1.165, 1.54) is 16.9 Å². The highest BCUT2D eigenvalue weighted by atomic mass is 32.1. The lowest BCUT2D eigenvalue weighted by atomic mass is 10.0. The molecule has 0 spiro atoms. The minimum absolute atomic E-state index is 0.0485. The van der Waals surface area contributed by atoms with Crippen molar-refractivity contribution in [2.45, 2.75) is 39.3 Å². The maximum atomic E-state index is 12.8. The maximum absolute atomic E-state index is 12.8. The van der Waals surface area contributed by atoms with Crippen molar-refractivity contribution in [2.75, 3.05) is 32.0 Å². The number of thiophene rings is 1. The van der Waals surface area contributed by atoms with Crippen molar-refractivity contribution in [3.05, 3.63) is 51.9 Å². The average Bonchev–Trinajstić information content (AvgIpc) is 2.95. The standard InChI is InChI=1S/C22H28N4OS/c1-16-17(2)28-22(20(16)13-23)24-21(27)15-26(14-18-7-5-4-6-8-18)19-9-11-25(3)12-10-19/h4-8,19H,9-12,14-15H2,1-3H3,(H,24,27). The van der Waals surface area contributed by atoms with Gasteiger partial charge in [-0.1, -0.05) is 30.3 Å². The summed E-state index contributed by atoms with van der Waals surface area (Å²) >= 11 is 1.48. The van der Waals surface area contributed by atoms with Crippen LogP contribution in [0.1, 0.15) is 34.4 Å². The third kappa shape index (κ3) is 4.99. The summed E-state index contributed by atoms with van der Waals surface area (Å²) in [5, 5.41) is 13.1. The number of anilines is 1. The zero-order valence-electron chi connectivity index (χ0n) is 16.9. The molecule has 2 heterocycles. The number of benzene rings is 1. The normalized spacial score (nSPS) is 15.5. The number of carbonyl (C=O) groups excluding carboxylic acids is 1. The van der Waals surface area contributed by atoms with Gasteiger partial charge in [-0.05, 0) is 58.0 Å². The van der Waals surface area contributed by atoms with Gasteiger partial charge in [0.05, 0.1) is 12.1 Å². The van der Waals surface area contributed by atoms with E-state index in [2.05, 4.69) is 40.4 Å². The van der Waals surface area contributed by atoms with Crippen LogP contribution >= 0.6 is 11.3 Å². The zero-order valence-corrected chi connectivity index (χ0v) is 17.7. The lowest BCUT2D eigenvalue weighted by Crippen LogP contribution is -2.46. The number of nitrogens with zero attached hydrogens (tertiary/aromatic N) is 3. The minimum Gasteiger partial charge on any atom is -0.315 e. The molecule has 0 radical (unpaired) electrons. The summed E-state index contributed by atoms with van der Waals surface area (Å²) in [6, 6.07) is 12.9. The van der Waals surface area contributed by atoms with Crippen LogP contribution in [-0.2, 0) is 11.3 Å². The van der Waals surface area contributed by atoms with Crippen molar-refractivity contribution in [1.29, 1.82) is 5.26 Å². The van der Waals surface area contributed by atoms with Crippen molar-refractivity contribution in [1.82, 2.24) is 9.80 Å². The number of nitriles is 1. The zero-order chi connectivity index (χ0) is 20.1. The molecule has 0 bridgehead atoms. The number of likely N-dealkylation sites (tertiary alicyclic amines) is 1. The van der Waals surface area contributed by atoms with Crippen molar-refractivity contribution in [2.24, 2.45) is 0 Å². The maximum Gasteiger partial charge on any atom is 0.239 e. The lowest BCUT2D eigenvalue weighted by Gasteiger charge is -2.37. The quantitative estimate of drug-likeness (QED) is 0.807. The van der Waals surface area contributed by atoms with Gasteiger partial charge in [0.25, 0.3) is 0 Å². The number of hydrogen-bond donors (Lipinski definition) is 1. The summed E-state index contributed by atoms with van der Waals surface area (Å²) in [5.41, 5.74) is 2.76. The second-order valence-corrected chi connectivity index (χ2v) is 8.80. The van der Waals surface area contributed by atoms with Gasteiger partial charge in [-0.25, -0.2) is 0 Å². The number of rotatable bonds is 6. The van der Waals surface area contributed by atoms with Gasteiger partial charge in [-0.15, -0.1) is 11.3 Å². The molecule has 3 rings (SSSR count). The van der Waals surface area contributed by atoms with Crippen molar-refractivity contribution < 1.29 is 4.79 Å². The molecule has 1 fully saturated rings. The molecule has 0 aliphatic carbocycles. The molecule has 1 saturated heterocycles. The molecule has 1 amide bonds. The second-order valence-electron chi connectivity index (χ2n) is 7.57. The molecular weight excluding hydrogens is 368 g/mol. The molecule has 1 aromatic carbocycles. The lowest BCUT2D eigenvalue weighted by molar-refractivity contribution is -0.118. The molecule has 2 aromatic rings. The van der Waals surface area contributed by atoms with Gasteiger partial charge in [0, 0.05) is 17.5 Å². The molecular formula is C22H28N4OS. The van der Waals surface area contributed by atoms with E-state index >= 15 is 0 Å². The van der Waals surface area contributed by atoms with Gasteiger partial charge in [-0.2, -0.15) is 5.26 Å². The van der Waals surface area contributed by atoms with E-state index in [1.807, 2.05) is 32.0 Å². The first-order chi connectivity index (χ1) is 13.5. The summed E-state index contributed by atoms with van der Waals surface area (Å²) in [5.74, 6) is -0.0485. The van der Waals surface area contributed by atoms with Crippen LogP contribution < -0.4 is 5.32 Å². The van der Waals surface area contributed by atoms with Crippen LogP contribution in [0.15, 0.2) is 30.3 Å². The highest BCUT2D eigenvalue weighted by molar-refractivity contribution is 7.16. The fourth-order valence-electron chi connectivity index (χ4n) is 3.69. The van der Waals surface area contributed by atoms with E-state index in [0.29, 0.717) is 23.2 Å². The van der Waals surface area contributed by atoms with E-state index in [0.717, 1.165) is 42.9 Å². The Morgan fingerprint density at radius 3 is 2.61 bits per heavy atom. The predicted octanol–water partition coefficient (Wildman–Crippen LogP) is 3.77. The third-order valence-electron chi connectivity index (χ3n) is 5.53. The Morgan fingerprint density at radius 2 is 1.96 bits per heavy atom. The first-order valence-corrected chi connectivity index (χ1v) is 10.6. The van der Waals surface area contributed by atoms with E-state index < -0.39 is 0 Å². The number of carbonyl (C=O) groups is 1. The van der Waals surface area contributed by atoms with Crippen LogP contribution in [0.25, 0.3) is 0 Å². The predicted molar refractivity (Wildman–Crippen MR) is 115 cm³/mol. The Bertz CT molecular complexity index is 847. The number of amides is 1. The number of aryl methyl sites for hydroxylation is 1. The molecule has 1 N–H and O–H groups in total. The molecule has 0 atom stereocenters. The fourth-order valence-corrected chi connectivity index (χ4v) is 4.72. The van der Waals surface area contributed by atoms with Gasteiger partial charge in [0.2, 0.25) is 5.91 Å². The molecule has 1 aromatic heterocycles. The van der Waals surface area contributed by atoms with Crippen LogP contribution in [0.2, 0.25) is 0 Å². The average molecular weight is 397 g/mol. The molecule has 5 nitrogen and oxygen atoms in total. The minimum atomic E-state index is -0.0485.